The van der Waals surface area contributed by atoms with Crippen LogP contribution in [0.15, 0.2) is 4.99 Å². The summed E-state index contributed by atoms with van der Waals surface area (Å²) in [6, 6.07) is 1.47. The van der Waals surface area contributed by atoms with Gasteiger partial charge in [-0.3, -0.25) is 4.99 Å². The minimum Gasteiger partial charge on any atom is -0.339 e. The van der Waals surface area contributed by atoms with Gasteiger partial charge in [-0.05, 0) is 41.5 Å². The third kappa shape index (κ3) is 2.86. The molecule has 0 aromatic rings. The molecule has 0 bridgehead atoms. The first kappa shape index (κ1) is 12.3. The van der Waals surface area contributed by atoms with Gasteiger partial charge in [-0.15, -0.1) is 0 Å². The van der Waals surface area contributed by atoms with Crippen molar-refractivity contribution in [3.63, 3.8) is 0 Å². The summed E-state index contributed by atoms with van der Waals surface area (Å²) in [4.78, 5) is 9.56. The molecule has 3 nitrogen and oxygen atoms in total. The maximum absolute atomic E-state index is 4.75. The Labute approximate surface area is 94.2 Å². The summed E-state index contributed by atoms with van der Waals surface area (Å²) in [6.07, 6.45) is 0. The summed E-state index contributed by atoms with van der Waals surface area (Å²) >= 11 is 0. The van der Waals surface area contributed by atoms with E-state index in [0.717, 1.165) is 13.1 Å². The molecular weight excluding hydrogens is 186 g/mol. The first-order valence-corrected chi connectivity index (χ1v) is 6.04. The van der Waals surface area contributed by atoms with E-state index in [-0.39, 0.29) is 0 Å². The van der Waals surface area contributed by atoms with Crippen LogP contribution in [0.4, 0.5) is 0 Å². The van der Waals surface area contributed by atoms with Crippen molar-refractivity contribution in [2.24, 2.45) is 4.99 Å². The maximum atomic E-state index is 4.75. The normalized spacial score (nSPS) is 17.5. The fraction of sp³-hybridized carbons (Fsp3) is 0.917. The van der Waals surface area contributed by atoms with Crippen LogP contribution in [0, 0.1) is 0 Å². The van der Waals surface area contributed by atoms with Crippen molar-refractivity contribution >= 4 is 5.96 Å². The SMILES string of the molecule is CC(C)N=C1N(C(C)C)CCN1C(C)C. The van der Waals surface area contributed by atoms with E-state index in [4.69, 9.17) is 4.99 Å². The van der Waals surface area contributed by atoms with Crippen LogP contribution in [0.1, 0.15) is 41.5 Å². The van der Waals surface area contributed by atoms with Crippen LogP contribution in [0.25, 0.3) is 0 Å². The molecule has 1 heterocycles. The lowest BCUT2D eigenvalue weighted by atomic mass is 10.3. The van der Waals surface area contributed by atoms with Crippen LogP contribution in [0.5, 0.6) is 0 Å². The molecule has 3 heteroatoms. The van der Waals surface area contributed by atoms with Gasteiger partial charge in [0.1, 0.15) is 0 Å². The largest absolute Gasteiger partial charge is 0.339 e. The molecule has 0 unspecified atom stereocenters. The maximum Gasteiger partial charge on any atom is 0.197 e. The quantitative estimate of drug-likeness (QED) is 0.712. The lowest BCUT2D eigenvalue weighted by Crippen LogP contribution is -2.41. The zero-order chi connectivity index (χ0) is 11.6. The third-order valence-corrected chi connectivity index (χ3v) is 2.72. The summed E-state index contributed by atoms with van der Waals surface area (Å²) in [5.41, 5.74) is 0. The summed E-state index contributed by atoms with van der Waals surface area (Å²) < 4.78 is 0. The second kappa shape index (κ2) is 4.86. The smallest absolute Gasteiger partial charge is 0.197 e. The van der Waals surface area contributed by atoms with Gasteiger partial charge in [-0.1, -0.05) is 0 Å². The Bertz CT molecular complexity index is 213. The minimum absolute atomic E-state index is 0.376. The predicted octanol–water partition coefficient (Wildman–Crippen LogP) is 2.19. The zero-order valence-electron chi connectivity index (χ0n) is 11.0. The lowest BCUT2D eigenvalue weighted by molar-refractivity contribution is 0.372. The van der Waals surface area contributed by atoms with Crippen LogP contribution in [0.2, 0.25) is 0 Å². The van der Waals surface area contributed by atoms with E-state index < -0.39 is 0 Å². The average Bonchev–Trinajstić information content (AvgIpc) is 2.46. The molecule has 0 amide bonds. The number of nitrogens with zero attached hydrogens (tertiary/aromatic N) is 3. The Morgan fingerprint density at radius 1 is 0.867 bits per heavy atom. The summed E-state index contributed by atoms with van der Waals surface area (Å²) in [5.74, 6) is 1.19. The van der Waals surface area contributed by atoms with E-state index >= 15 is 0 Å². The van der Waals surface area contributed by atoms with Crippen LogP contribution < -0.4 is 0 Å². The molecule has 1 aliphatic heterocycles. The molecule has 1 aliphatic rings. The fourth-order valence-corrected chi connectivity index (χ4v) is 1.94. The molecule has 1 fully saturated rings. The van der Waals surface area contributed by atoms with Gasteiger partial charge < -0.3 is 9.80 Å². The van der Waals surface area contributed by atoms with Crippen molar-refractivity contribution in [3.05, 3.63) is 0 Å². The summed E-state index contributed by atoms with van der Waals surface area (Å²) in [5, 5.41) is 0. The van der Waals surface area contributed by atoms with Gasteiger partial charge in [0, 0.05) is 31.2 Å². The Balaban J connectivity index is 2.88. The van der Waals surface area contributed by atoms with E-state index in [9.17, 15) is 0 Å². The van der Waals surface area contributed by atoms with Crippen LogP contribution in [0.3, 0.4) is 0 Å². The first-order valence-electron chi connectivity index (χ1n) is 6.04. The Morgan fingerprint density at radius 3 is 1.53 bits per heavy atom. The predicted molar refractivity (Wildman–Crippen MR) is 66.3 cm³/mol. The van der Waals surface area contributed by atoms with Crippen LogP contribution >= 0.6 is 0 Å². The number of aliphatic imine (C=N–C) groups is 1. The van der Waals surface area contributed by atoms with Gasteiger partial charge in [0.2, 0.25) is 0 Å². The van der Waals surface area contributed by atoms with Crippen molar-refractivity contribution < 1.29 is 0 Å². The third-order valence-electron chi connectivity index (χ3n) is 2.72. The molecule has 1 saturated heterocycles. The highest BCUT2D eigenvalue weighted by Gasteiger charge is 2.29. The average molecular weight is 211 g/mol. The van der Waals surface area contributed by atoms with Crippen molar-refractivity contribution in [1.82, 2.24) is 9.80 Å². The minimum atomic E-state index is 0.376. The van der Waals surface area contributed by atoms with Gasteiger partial charge >= 0.3 is 0 Å². The van der Waals surface area contributed by atoms with Gasteiger partial charge in [0.15, 0.2) is 5.96 Å². The Kier molecular flexibility index (Phi) is 4.00. The summed E-state index contributed by atoms with van der Waals surface area (Å²) in [7, 11) is 0. The number of rotatable bonds is 3. The first-order chi connectivity index (χ1) is 6.93. The molecule has 0 radical (unpaired) electrons. The van der Waals surface area contributed by atoms with E-state index in [1.54, 1.807) is 0 Å². The molecule has 0 atom stereocenters. The zero-order valence-corrected chi connectivity index (χ0v) is 11.0. The Hall–Kier alpha value is -0.730. The van der Waals surface area contributed by atoms with Crippen LogP contribution in [-0.2, 0) is 0 Å². The molecular formula is C12H25N3. The summed E-state index contributed by atoms with van der Waals surface area (Å²) in [6.45, 7) is 15.5. The standard InChI is InChI=1S/C12H25N3/c1-9(2)13-12-14(10(3)4)7-8-15(12)11(5)6/h9-11H,7-8H2,1-6H3. The van der Waals surface area contributed by atoms with Crippen molar-refractivity contribution in [3.8, 4) is 0 Å². The van der Waals surface area contributed by atoms with E-state index in [1.165, 1.54) is 5.96 Å². The number of hydrogen-bond acceptors (Lipinski definition) is 1. The van der Waals surface area contributed by atoms with Crippen molar-refractivity contribution in [1.29, 1.82) is 0 Å². The fourth-order valence-electron chi connectivity index (χ4n) is 1.94. The molecule has 15 heavy (non-hydrogen) atoms. The molecule has 0 N–H and O–H groups in total. The van der Waals surface area contributed by atoms with E-state index in [0.29, 0.717) is 18.1 Å². The van der Waals surface area contributed by atoms with Gasteiger partial charge in [0.25, 0.3) is 0 Å². The second-order valence-electron chi connectivity index (χ2n) is 5.10. The van der Waals surface area contributed by atoms with Gasteiger partial charge in [0.05, 0.1) is 0 Å². The topological polar surface area (TPSA) is 18.8 Å². The van der Waals surface area contributed by atoms with E-state index in [2.05, 4.69) is 51.3 Å². The molecule has 0 saturated carbocycles. The highest BCUT2D eigenvalue weighted by atomic mass is 15.4. The Morgan fingerprint density at radius 2 is 1.27 bits per heavy atom. The number of guanidine groups is 1. The highest BCUT2D eigenvalue weighted by Crippen LogP contribution is 2.16. The second-order valence-corrected chi connectivity index (χ2v) is 5.10. The molecule has 1 rings (SSSR count). The highest BCUT2D eigenvalue weighted by molar-refractivity contribution is 5.82. The van der Waals surface area contributed by atoms with Crippen molar-refractivity contribution in [2.75, 3.05) is 13.1 Å². The molecule has 0 aliphatic carbocycles. The van der Waals surface area contributed by atoms with Crippen molar-refractivity contribution in [2.45, 2.75) is 59.7 Å². The molecule has 0 spiro atoms. The van der Waals surface area contributed by atoms with Crippen LogP contribution in [-0.4, -0.2) is 47.0 Å². The number of hydrogen-bond donors (Lipinski definition) is 0. The molecule has 0 aromatic carbocycles. The van der Waals surface area contributed by atoms with E-state index in [1.807, 2.05) is 0 Å². The van der Waals surface area contributed by atoms with Gasteiger partial charge in [-0.25, -0.2) is 0 Å². The lowest BCUT2D eigenvalue weighted by Gasteiger charge is -2.29. The molecule has 88 valence electrons. The monoisotopic (exact) mass is 211 g/mol. The molecule has 0 aromatic heterocycles. The van der Waals surface area contributed by atoms with Gasteiger partial charge in [-0.2, -0.15) is 0 Å².